The number of hydrogen-bond acceptors (Lipinski definition) is 5. The van der Waals surface area contributed by atoms with Crippen molar-refractivity contribution in [2.75, 3.05) is 12.4 Å². The Morgan fingerprint density at radius 3 is 2.59 bits per heavy atom. The average Bonchev–Trinajstić information content (AvgIpc) is 2.77. The van der Waals surface area contributed by atoms with Crippen LogP contribution in [0.1, 0.15) is 11.1 Å². The first-order valence-electron chi connectivity index (χ1n) is 8.88. The van der Waals surface area contributed by atoms with Gasteiger partial charge in [-0.25, -0.2) is 4.98 Å². The first-order valence-corrected chi connectivity index (χ1v) is 8.88. The van der Waals surface area contributed by atoms with E-state index in [-0.39, 0.29) is 5.57 Å². The van der Waals surface area contributed by atoms with Crippen molar-refractivity contribution in [3.8, 4) is 17.6 Å². The zero-order chi connectivity index (χ0) is 20.5. The van der Waals surface area contributed by atoms with Crippen molar-refractivity contribution in [3.05, 3.63) is 89.6 Å². The highest BCUT2D eigenvalue weighted by atomic mass is 16.5. The van der Waals surface area contributed by atoms with Gasteiger partial charge >= 0.3 is 0 Å². The number of benzene rings is 2. The number of anilines is 1. The maximum atomic E-state index is 12.3. The standard InChI is InChI=1S/C23H19N3O3/c1-28-21-14-18(10-11-20(21)29-16-17-7-3-2-4-8-17)13-19(15-24)23(27)26-22-9-5-6-12-25-22/h2-14H,16H2,1H3,(H,25,26,27). The zero-order valence-corrected chi connectivity index (χ0v) is 15.8. The van der Waals surface area contributed by atoms with Gasteiger partial charge in [-0.1, -0.05) is 42.5 Å². The molecule has 1 amide bonds. The van der Waals surface area contributed by atoms with E-state index in [4.69, 9.17) is 9.47 Å². The van der Waals surface area contributed by atoms with Crippen molar-refractivity contribution in [1.82, 2.24) is 4.98 Å². The van der Waals surface area contributed by atoms with Gasteiger partial charge in [0, 0.05) is 6.20 Å². The zero-order valence-electron chi connectivity index (χ0n) is 15.8. The molecule has 1 N–H and O–H groups in total. The molecule has 0 fully saturated rings. The first kappa shape index (κ1) is 19.6. The first-order chi connectivity index (χ1) is 14.2. The van der Waals surface area contributed by atoms with E-state index in [1.54, 1.807) is 42.6 Å². The number of amides is 1. The molecular weight excluding hydrogens is 366 g/mol. The lowest BCUT2D eigenvalue weighted by molar-refractivity contribution is -0.112. The molecule has 0 atom stereocenters. The van der Waals surface area contributed by atoms with E-state index in [0.29, 0.717) is 29.5 Å². The highest BCUT2D eigenvalue weighted by Crippen LogP contribution is 2.29. The van der Waals surface area contributed by atoms with E-state index in [2.05, 4.69) is 10.3 Å². The van der Waals surface area contributed by atoms with Crippen molar-refractivity contribution in [2.24, 2.45) is 0 Å². The van der Waals surface area contributed by atoms with Gasteiger partial charge in [0.2, 0.25) is 0 Å². The Hall–Kier alpha value is -4.11. The van der Waals surface area contributed by atoms with E-state index in [9.17, 15) is 10.1 Å². The number of nitrogens with one attached hydrogen (secondary N) is 1. The molecule has 0 saturated heterocycles. The summed E-state index contributed by atoms with van der Waals surface area (Å²) in [6.45, 7) is 0.405. The number of aromatic nitrogens is 1. The summed E-state index contributed by atoms with van der Waals surface area (Å²) < 4.78 is 11.2. The number of hydrogen-bond donors (Lipinski definition) is 1. The quantitative estimate of drug-likeness (QED) is 0.486. The van der Waals surface area contributed by atoms with Crippen LogP contribution in [0, 0.1) is 11.3 Å². The normalized spacial score (nSPS) is 10.7. The van der Waals surface area contributed by atoms with Crippen LogP contribution in [0.5, 0.6) is 11.5 Å². The Kier molecular flexibility index (Phi) is 6.58. The molecular formula is C23H19N3O3. The summed E-state index contributed by atoms with van der Waals surface area (Å²) in [6.07, 6.45) is 3.05. The minimum Gasteiger partial charge on any atom is -0.493 e. The molecule has 0 aliphatic carbocycles. The predicted molar refractivity (Wildman–Crippen MR) is 110 cm³/mol. The molecule has 0 unspecified atom stereocenters. The fraction of sp³-hybridized carbons (Fsp3) is 0.0870. The van der Waals surface area contributed by atoms with Crippen LogP contribution in [-0.4, -0.2) is 18.0 Å². The van der Waals surface area contributed by atoms with Gasteiger partial charge in [0.1, 0.15) is 24.1 Å². The molecule has 3 rings (SSSR count). The number of ether oxygens (including phenoxy) is 2. The van der Waals surface area contributed by atoms with Gasteiger partial charge in [0.15, 0.2) is 11.5 Å². The Labute approximate surface area is 169 Å². The van der Waals surface area contributed by atoms with Crippen LogP contribution in [0.2, 0.25) is 0 Å². The molecule has 0 radical (unpaired) electrons. The summed E-state index contributed by atoms with van der Waals surface area (Å²) in [7, 11) is 1.54. The predicted octanol–water partition coefficient (Wildman–Crippen LogP) is 4.21. The summed E-state index contributed by atoms with van der Waals surface area (Å²) in [6, 6.07) is 22.1. The summed E-state index contributed by atoms with van der Waals surface area (Å²) in [5.41, 5.74) is 1.63. The minimum atomic E-state index is -0.533. The monoisotopic (exact) mass is 385 g/mol. The van der Waals surface area contributed by atoms with Crippen LogP contribution in [0.15, 0.2) is 78.5 Å². The Morgan fingerprint density at radius 1 is 1.10 bits per heavy atom. The molecule has 0 spiro atoms. The van der Waals surface area contributed by atoms with E-state index >= 15 is 0 Å². The number of carbonyl (C=O) groups excluding carboxylic acids is 1. The van der Waals surface area contributed by atoms with Gasteiger partial charge in [-0.2, -0.15) is 5.26 Å². The second kappa shape index (κ2) is 9.72. The lowest BCUT2D eigenvalue weighted by Gasteiger charge is -2.11. The number of nitrogens with zero attached hydrogens (tertiary/aromatic N) is 2. The highest BCUT2D eigenvalue weighted by molar-refractivity contribution is 6.09. The average molecular weight is 385 g/mol. The van der Waals surface area contributed by atoms with E-state index < -0.39 is 5.91 Å². The Balaban J connectivity index is 1.75. The number of methoxy groups -OCH3 is 1. The molecule has 2 aromatic carbocycles. The number of nitriles is 1. The van der Waals surface area contributed by atoms with Crippen LogP contribution in [0.3, 0.4) is 0 Å². The molecule has 6 nitrogen and oxygen atoms in total. The third kappa shape index (κ3) is 5.44. The molecule has 144 valence electrons. The van der Waals surface area contributed by atoms with Gasteiger partial charge < -0.3 is 14.8 Å². The van der Waals surface area contributed by atoms with Crippen LogP contribution in [-0.2, 0) is 11.4 Å². The molecule has 1 aromatic heterocycles. The molecule has 0 aliphatic heterocycles. The van der Waals surface area contributed by atoms with Crippen LogP contribution in [0.25, 0.3) is 6.08 Å². The SMILES string of the molecule is COc1cc(C=C(C#N)C(=O)Nc2ccccn2)ccc1OCc1ccccc1. The fourth-order valence-corrected chi connectivity index (χ4v) is 2.56. The molecule has 3 aromatic rings. The lowest BCUT2D eigenvalue weighted by atomic mass is 10.1. The molecule has 1 heterocycles. The Bertz CT molecular complexity index is 1040. The van der Waals surface area contributed by atoms with E-state index in [1.807, 2.05) is 36.4 Å². The maximum absolute atomic E-state index is 12.3. The summed E-state index contributed by atoms with van der Waals surface area (Å²) in [4.78, 5) is 16.4. The van der Waals surface area contributed by atoms with Crippen molar-refractivity contribution in [3.63, 3.8) is 0 Å². The van der Waals surface area contributed by atoms with Gasteiger partial charge in [-0.3, -0.25) is 4.79 Å². The van der Waals surface area contributed by atoms with E-state index in [0.717, 1.165) is 5.56 Å². The second-order valence-corrected chi connectivity index (χ2v) is 6.02. The minimum absolute atomic E-state index is 0.0457. The third-order valence-electron chi connectivity index (χ3n) is 4.01. The van der Waals surface area contributed by atoms with Gasteiger partial charge in [-0.05, 0) is 41.5 Å². The summed E-state index contributed by atoms with van der Waals surface area (Å²) in [5, 5.41) is 12.0. The lowest BCUT2D eigenvalue weighted by Crippen LogP contribution is -2.14. The molecule has 0 bridgehead atoms. The Morgan fingerprint density at radius 2 is 1.90 bits per heavy atom. The molecule has 29 heavy (non-hydrogen) atoms. The van der Waals surface area contributed by atoms with Crippen molar-refractivity contribution in [1.29, 1.82) is 5.26 Å². The van der Waals surface area contributed by atoms with Crippen molar-refractivity contribution < 1.29 is 14.3 Å². The highest BCUT2D eigenvalue weighted by Gasteiger charge is 2.11. The largest absolute Gasteiger partial charge is 0.493 e. The molecule has 0 aliphatic rings. The topological polar surface area (TPSA) is 84.2 Å². The second-order valence-electron chi connectivity index (χ2n) is 6.02. The van der Waals surface area contributed by atoms with Crippen LogP contribution in [0.4, 0.5) is 5.82 Å². The summed E-state index contributed by atoms with van der Waals surface area (Å²) in [5.74, 6) is 0.928. The van der Waals surface area contributed by atoms with Gasteiger partial charge in [0.25, 0.3) is 5.91 Å². The van der Waals surface area contributed by atoms with Crippen LogP contribution >= 0.6 is 0 Å². The molecule has 0 saturated carbocycles. The fourth-order valence-electron chi connectivity index (χ4n) is 2.56. The number of pyridine rings is 1. The molecule has 6 heteroatoms. The third-order valence-corrected chi connectivity index (χ3v) is 4.01. The van der Waals surface area contributed by atoms with E-state index in [1.165, 1.54) is 13.2 Å². The van der Waals surface area contributed by atoms with Crippen molar-refractivity contribution in [2.45, 2.75) is 6.61 Å². The van der Waals surface area contributed by atoms with Crippen molar-refractivity contribution >= 4 is 17.8 Å². The summed E-state index contributed by atoms with van der Waals surface area (Å²) >= 11 is 0. The maximum Gasteiger partial charge on any atom is 0.267 e. The van der Waals surface area contributed by atoms with Gasteiger partial charge in [-0.15, -0.1) is 0 Å². The number of rotatable bonds is 7. The number of carbonyl (C=O) groups is 1. The smallest absolute Gasteiger partial charge is 0.267 e. The van der Waals surface area contributed by atoms with Crippen LogP contribution < -0.4 is 14.8 Å². The van der Waals surface area contributed by atoms with Gasteiger partial charge in [0.05, 0.1) is 7.11 Å².